The van der Waals surface area contributed by atoms with Crippen molar-refractivity contribution in [1.82, 2.24) is 25.2 Å². The van der Waals surface area contributed by atoms with Gasteiger partial charge >= 0.3 is 0 Å². The molecule has 2 heterocycles. The summed E-state index contributed by atoms with van der Waals surface area (Å²) in [5.74, 6) is 0. The van der Waals surface area contributed by atoms with E-state index in [2.05, 4.69) is 20.5 Å². The van der Waals surface area contributed by atoms with Crippen molar-refractivity contribution >= 4 is 34.2 Å². The van der Waals surface area contributed by atoms with Crippen LogP contribution < -0.4 is 5.56 Å². The van der Waals surface area contributed by atoms with Gasteiger partial charge in [-0.3, -0.25) is 4.79 Å². The van der Waals surface area contributed by atoms with Gasteiger partial charge in [0.05, 0.1) is 6.54 Å². The largest absolute Gasteiger partial charge is 0.292 e. The van der Waals surface area contributed by atoms with Crippen molar-refractivity contribution in [3.8, 4) is 0 Å². The number of nitrogens with zero attached hydrogens (tertiary/aromatic N) is 4. The summed E-state index contributed by atoms with van der Waals surface area (Å²) in [5, 5.41) is 14.4. The van der Waals surface area contributed by atoms with E-state index in [0.717, 1.165) is 5.56 Å². The molecule has 0 bridgehead atoms. The van der Waals surface area contributed by atoms with E-state index in [1.54, 1.807) is 6.07 Å². The van der Waals surface area contributed by atoms with Crippen LogP contribution in [0.5, 0.6) is 0 Å². The first-order valence-corrected chi connectivity index (χ1v) is 6.13. The number of rotatable bonds is 2. The summed E-state index contributed by atoms with van der Waals surface area (Å²) in [6, 6.07) is 7.32. The van der Waals surface area contributed by atoms with Crippen molar-refractivity contribution in [3.63, 3.8) is 0 Å². The number of hydrogen-bond acceptors (Lipinski definition) is 4. The number of fused-ring (bicyclic) bond motifs is 1. The lowest BCUT2D eigenvalue weighted by Gasteiger charge is -2.04. The van der Waals surface area contributed by atoms with Crippen LogP contribution in [0.4, 0.5) is 0 Å². The normalized spacial score (nSPS) is 11.1. The van der Waals surface area contributed by atoms with Crippen molar-refractivity contribution in [2.24, 2.45) is 0 Å². The molecule has 3 rings (SSSR count). The molecule has 6 nitrogen and oxygen atoms in total. The molecular formula is C11H7Cl2N5O. The lowest BCUT2D eigenvalue weighted by molar-refractivity contribution is 0.667. The van der Waals surface area contributed by atoms with E-state index in [1.807, 2.05) is 18.2 Å². The van der Waals surface area contributed by atoms with Crippen LogP contribution >= 0.6 is 23.2 Å². The Hall–Kier alpha value is -1.92. The Balaban J connectivity index is 2.15. The summed E-state index contributed by atoms with van der Waals surface area (Å²) in [4.78, 5) is 11.8. The summed E-state index contributed by atoms with van der Waals surface area (Å²) < 4.78 is 1.45. The number of aromatic amines is 1. The zero-order valence-corrected chi connectivity index (χ0v) is 11.0. The minimum atomic E-state index is -0.392. The molecule has 1 aromatic carbocycles. The van der Waals surface area contributed by atoms with Gasteiger partial charge in [0.1, 0.15) is 0 Å². The number of hydrogen-bond donors (Lipinski definition) is 1. The third kappa shape index (κ3) is 2.09. The minimum absolute atomic E-state index is 0.111. The van der Waals surface area contributed by atoms with Crippen LogP contribution in [-0.2, 0) is 6.54 Å². The Morgan fingerprint density at radius 1 is 1.26 bits per heavy atom. The smallest absolute Gasteiger partial charge is 0.265 e. The fraction of sp³-hybridized carbons (Fsp3) is 0.0909. The molecule has 0 aliphatic carbocycles. The molecule has 0 radical (unpaired) electrons. The van der Waals surface area contributed by atoms with Gasteiger partial charge in [-0.2, -0.15) is 5.10 Å². The molecule has 1 N–H and O–H groups in total. The molecule has 0 fully saturated rings. The van der Waals surface area contributed by atoms with Gasteiger partial charge in [0.25, 0.3) is 5.56 Å². The molecule has 0 unspecified atom stereocenters. The van der Waals surface area contributed by atoms with Crippen LogP contribution in [-0.4, -0.2) is 25.2 Å². The van der Waals surface area contributed by atoms with Crippen molar-refractivity contribution in [2.45, 2.75) is 6.54 Å². The predicted octanol–water partition coefficient (Wildman–Crippen LogP) is 1.87. The molecule has 2 aromatic heterocycles. The van der Waals surface area contributed by atoms with Crippen LogP contribution in [0.15, 0.2) is 29.1 Å². The van der Waals surface area contributed by atoms with E-state index in [1.165, 1.54) is 4.68 Å². The van der Waals surface area contributed by atoms with Crippen molar-refractivity contribution in [1.29, 1.82) is 0 Å². The second-order valence-electron chi connectivity index (χ2n) is 3.88. The third-order valence-electron chi connectivity index (χ3n) is 2.68. The van der Waals surface area contributed by atoms with Gasteiger partial charge in [0.15, 0.2) is 16.2 Å². The molecule has 0 spiro atoms. The summed E-state index contributed by atoms with van der Waals surface area (Å²) in [7, 11) is 0. The van der Waals surface area contributed by atoms with Gasteiger partial charge < -0.3 is 0 Å². The van der Waals surface area contributed by atoms with E-state index in [4.69, 9.17) is 23.2 Å². The van der Waals surface area contributed by atoms with Crippen molar-refractivity contribution in [2.75, 3.05) is 0 Å². The first-order chi connectivity index (χ1) is 9.16. The molecule has 19 heavy (non-hydrogen) atoms. The highest BCUT2D eigenvalue weighted by atomic mass is 35.5. The third-order valence-corrected chi connectivity index (χ3v) is 3.31. The van der Waals surface area contributed by atoms with Gasteiger partial charge in [0.2, 0.25) is 0 Å². The molecule has 8 heteroatoms. The fourth-order valence-corrected chi connectivity index (χ4v) is 2.15. The monoisotopic (exact) mass is 295 g/mol. The molecule has 0 amide bonds. The van der Waals surface area contributed by atoms with Gasteiger partial charge in [-0.1, -0.05) is 46.6 Å². The van der Waals surface area contributed by atoms with E-state index in [-0.39, 0.29) is 16.2 Å². The molecule has 0 saturated carbocycles. The highest BCUT2D eigenvalue weighted by Gasteiger charge is 2.14. The highest BCUT2D eigenvalue weighted by Crippen LogP contribution is 2.19. The van der Waals surface area contributed by atoms with Crippen molar-refractivity contribution < 1.29 is 0 Å². The molecular weight excluding hydrogens is 289 g/mol. The maximum absolute atomic E-state index is 11.8. The maximum Gasteiger partial charge on any atom is 0.292 e. The lowest BCUT2D eigenvalue weighted by Crippen LogP contribution is -2.14. The number of H-pyrrole nitrogens is 1. The summed E-state index contributed by atoms with van der Waals surface area (Å²) in [6.45, 7) is 0.333. The minimum Gasteiger partial charge on any atom is -0.265 e. The second-order valence-corrected chi connectivity index (χ2v) is 4.64. The summed E-state index contributed by atoms with van der Waals surface area (Å²) in [5.41, 5.74) is 0.997. The van der Waals surface area contributed by atoms with Crippen LogP contribution in [0.2, 0.25) is 10.2 Å². The Morgan fingerprint density at radius 3 is 2.84 bits per heavy atom. The molecule has 0 aliphatic rings. The Kier molecular flexibility index (Phi) is 2.96. The molecule has 0 saturated heterocycles. The number of halogens is 2. The molecule has 0 aliphatic heterocycles. The number of nitrogens with one attached hydrogen (secondary N) is 1. The van der Waals surface area contributed by atoms with E-state index in [9.17, 15) is 4.79 Å². The van der Waals surface area contributed by atoms with Gasteiger partial charge in [-0.15, -0.1) is 5.10 Å². The molecule has 3 aromatic rings. The Morgan fingerprint density at radius 2 is 2.05 bits per heavy atom. The molecule has 96 valence electrons. The summed E-state index contributed by atoms with van der Waals surface area (Å²) in [6.07, 6.45) is 0. The topological polar surface area (TPSA) is 76.5 Å². The van der Waals surface area contributed by atoms with Crippen molar-refractivity contribution in [3.05, 3.63) is 50.4 Å². The zero-order valence-electron chi connectivity index (χ0n) is 9.47. The fourth-order valence-electron chi connectivity index (χ4n) is 1.78. The van der Waals surface area contributed by atoms with E-state index < -0.39 is 5.56 Å². The zero-order chi connectivity index (χ0) is 13.4. The van der Waals surface area contributed by atoms with Crippen LogP contribution in [0, 0.1) is 0 Å². The standard InChI is InChI=1S/C11H7Cl2N5O/c12-7-4-2-1-3-6(7)5-18-9-8(14-17-18)10(13)15-16-11(9)19/h1-4H,5H2,(H,16,19). The van der Waals surface area contributed by atoms with Gasteiger partial charge in [0, 0.05) is 5.02 Å². The SMILES string of the molecule is O=c1[nH]nc(Cl)c2nnn(Cc3ccccc3Cl)c12. The Bertz CT molecular complexity index is 810. The average Bonchev–Trinajstić information content (AvgIpc) is 2.82. The lowest BCUT2D eigenvalue weighted by atomic mass is 10.2. The van der Waals surface area contributed by atoms with Crippen LogP contribution in [0.25, 0.3) is 11.0 Å². The first kappa shape index (κ1) is 12.1. The quantitative estimate of drug-likeness (QED) is 0.783. The van der Waals surface area contributed by atoms with Gasteiger partial charge in [-0.25, -0.2) is 9.78 Å². The summed E-state index contributed by atoms with van der Waals surface area (Å²) >= 11 is 11.9. The van der Waals surface area contributed by atoms with Gasteiger partial charge in [-0.05, 0) is 11.6 Å². The maximum atomic E-state index is 11.8. The Labute approximate surface area is 117 Å². The van der Waals surface area contributed by atoms with Crippen LogP contribution in [0.3, 0.4) is 0 Å². The first-order valence-electron chi connectivity index (χ1n) is 5.37. The highest BCUT2D eigenvalue weighted by molar-refractivity contribution is 6.33. The molecule has 0 atom stereocenters. The average molecular weight is 296 g/mol. The second kappa shape index (κ2) is 4.64. The van der Waals surface area contributed by atoms with E-state index in [0.29, 0.717) is 11.6 Å². The van der Waals surface area contributed by atoms with E-state index >= 15 is 0 Å². The van der Waals surface area contributed by atoms with Crippen LogP contribution in [0.1, 0.15) is 5.56 Å². The number of benzene rings is 1. The predicted molar refractivity (Wildman–Crippen MR) is 71.5 cm³/mol. The number of aromatic nitrogens is 5.